The van der Waals surface area contributed by atoms with Gasteiger partial charge >= 0.3 is 0 Å². The molecule has 5 heteroatoms. The van der Waals surface area contributed by atoms with Gasteiger partial charge in [-0.15, -0.1) is 23.4 Å². The molecular weight excluding hydrogens is 476 g/mol. The van der Waals surface area contributed by atoms with Crippen LogP contribution in [0, 0.1) is 0 Å². The maximum atomic E-state index is 6.62. The van der Waals surface area contributed by atoms with Crippen molar-refractivity contribution in [3.63, 3.8) is 0 Å². The van der Waals surface area contributed by atoms with Crippen LogP contribution in [0.25, 0.3) is 0 Å². The molecule has 6 rings (SSSR count). The third-order valence-corrected chi connectivity index (χ3v) is 9.42. The van der Waals surface area contributed by atoms with Crippen LogP contribution in [0.3, 0.4) is 0 Å². The Bertz CT molecular complexity index is 1240. The summed E-state index contributed by atoms with van der Waals surface area (Å²) in [5, 5.41) is 0. The molecule has 3 aliphatic rings. The molecule has 4 atom stereocenters. The van der Waals surface area contributed by atoms with E-state index < -0.39 is 5.60 Å². The summed E-state index contributed by atoms with van der Waals surface area (Å²) in [6.07, 6.45) is 5.33. The Labute approximate surface area is 217 Å². The van der Waals surface area contributed by atoms with Crippen LogP contribution in [0.4, 0.5) is 0 Å². The normalized spacial score (nSPS) is 26.8. The molecule has 1 fully saturated rings. The minimum absolute atomic E-state index is 0.0457. The second-order valence-corrected chi connectivity index (χ2v) is 12.5. The summed E-state index contributed by atoms with van der Waals surface area (Å²) in [7, 11) is 1.77. The molecule has 0 N–H and O–H groups in total. The number of aryl methyl sites for hydroxylation is 2. The van der Waals surface area contributed by atoms with Crippen LogP contribution < -0.4 is 0 Å². The second-order valence-electron chi connectivity index (χ2n) is 11.1. The molecule has 1 saturated heterocycles. The zero-order valence-corrected chi connectivity index (χ0v) is 22.5. The van der Waals surface area contributed by atoms with Gasteiger partial charge in [-0.3, -0.25) is 0 Å². The predicted octanol–water partition coefficient (Wildman–Crippen LogP) is 7.35. The van der Waals surface area contributed by atoms with E-state index in [1.165, 1.54) is 45.6 Å². The fraction of sp³-hybridized carbons (Fsp3) is 0.467. The van der Waals surface area contributed by atoms with Crippen molar-refractivity contribution in [1.82, 2.24) is 0 Å². The van der Waals surface area contributed by atoms with Crippen LogP contribution in [0.15, 0.2) is 58.0 Å². The van der Waals surface area contributed by atoms with Crippen molar-refractivity contribution in [3.05, 3.63) is 87.9 Å². The highest BCUT2D eigenvalue weighted by Crippen LogP contribution is 2.62. The Morgan fingerprint density at radius 2 is 1.86 bits per heavy atom. The Kier molecular flexibility index (Phi) is 5.88. The van der Waals surface area contributed by atoms with Gasteiger partial charge in [0.2, 0.25) is 0 Å². The standard InChI is InChI=1S/C30H33ClO3S/c1-29(2,3)20-10-12-22(13-11-20)35-17-25-26-24(16-33-25)23(15-31)27(32-4)28-30(26,34-28)21-9-8-18-6-5-7-19(18)14-21/h8-14,16,23,27-28H,5-7,15,17H2,1-4H3/t23-,27-,28-,30+/m1/s1. The largest absolute Gasteiger partial charge is 0.468 e. The first-order chi connectivity index (χ1) is 16.9. The Morgan fingerprint density at radius 1 is 1.09 bits per heavy atom. The topological polar surface area (TPSA) is 34.9 Å². The van der Waals surface area contributed by atoms with E-state index in [1.807, 2.05) is 6.26 Å². The average molecular weight is 509 g/mol. The molecule has 0 amide bonds. The van der Waals surface area contributed by atoms with Gasteiger partial charge in [0.1, 0.15) is 11.9 Å². The lowest BCUT2D eigenvalue weighted by Gasteiger charge is -2.31. The zero-order valence-electron chi connectivity index (χ0n) is 20.9. The quantitative estimate of drug-likeness (QED) is 0.198. The average Bonchev–Trinajstić information content (AvgIpc) is 3.20. The molecule has 2 aromatic carbocycles. The number of benzene rings is 2. The number of hydrogen-bond acceptors (Lipinski definition) is 4. The molecule has 1 aliphatic heterocycles. The van der Waals surface area contributed by atoms with E-state index in [4.69, 9.17) is 25.5 Å². The summed E-state index contributed by atoms with van der Waals surface area (Å²) < 4.78 is 18.9. The summed E-state index contributed by atoms with van der Waals surface area (Å²) >= 11 is 8.29. The van der Waals surface area contributed by atoms with E-state index in [9.17, 15) is 0 Å². The van der Waals surface area contributed by atoms with Gasteiger partial charge in [0.25, 0.3) is 0 Å². The van der Waals surface area contributed by atoms with E-state index >= 15 is 0 Å². The van der Waals surface area contributed by atoms with Crippen molar-refractivity contribution in [2.24, 2.45) is 0 Å². The molecule has 0 spiro atoms. The van der Waals surface area contributed by atoms with E-state index in [0.29, 0.717) is 5.88 Å². The lowest BCUT2D eigenvalue weighted by molar-refractivity contribution is 0.0585. The number of epoxide rings is 1. The number of ether oxygens (including phenoxy) is 2. The maximum Gasteiger partial charge on any atom is 0.151 e. The molecule has 3 aromatic rings. The van der Waals surface area contributed by atoms with Crippen LogP contribution in [0.1, 0.15) is 72.3 Å². The first kappa shape index (κ1) is 23.7. The highest BCUT2D eigenvalue weighted by Gasteiger charge is 2.69. The van der Waals surface area contributed by atoms with Crippen molar-refractivity contribution in [2.45, 2.75) is 79.8 Å². The van der Waals surface area contributed by atoms with Gasteiger partial charge in [0.05, 0.1) is 18.1 Å². The molecular formula is C30H33ClO3S. The Hall–Kier alpha value is -1.72. The fourth-order valence-electron chi connectivity index (χ4n) is 6.11. The summed E-state index contributed by atoms with van der Waals surface area (Å²) in [4.78, 5) is 1.24. The van der Waals surface area contributed by atoms with Gasteiger partial charge < -0.3 is 13.9 Å². The molecule has 2 heterocycles. The van der Waals surface area contributed by atoms with Crippen molar-refractivity contribution in [2.75, 3.05) is 13.0 Å². The smallest absolute Gasteiger partial charge is 0.151 e. The summed E-state index contributed by atoms with van der Waals surface area (Å²) in [6.45, 7) is 6.74. The highest BCUT2D eigenvalue weighted by atomic mass is 35.5. The van der Waals surface area contributed by atoms with Crippen LogP contribution >= 0.6 is 23.4 Å². The molecule has 0 saturated carbocycles. The van der Waals surface area contributed by atoms with Crippen LogP contribution in [0.5, 0.6) is 0 Å². The van der Waals surface area contributed by atoms with Gasteiger partial charge in [-0.1, -0.05) is 51.1 Å². The van der Waals surface area contributed by atoms with Gasteiger partial charge in [-0.25, -0.2) is 0 Å². The third kappa shape index (κ3) is 3.80. The van der Waals surface area contributed by atoms with Gasteiger partial charge in [-0.05, 0) is 59.1 Å². The molecule has 184 valence electrons. The number of hydrogen-bond donors (Lipinski definition) is 0. The monoisotopic (exact) mass is 508 g/mol. The number of furan rings is 1. The Morgan fingerprint density at radius 3 is 2.57 bits per heavy atom. The molecule has 35 heavy (non-hydrogen) atoms. The fourth-order valence-corrected chi connectivity index (χ4v) is 7.29. The van der Waals surface area contributed by atoms with E-state index in [2.05, 4.69) is 63.2 Å². The molecule has 0 radical (unpaired) electrons. The summed E-state index contributed by atoms with van der Waals surface area (Å²) in [6, 6.07) is 15.8. The molecule has 0 unspecified atom stereocenters. The van der Waals surface area contributed by atoms with Crippen LogP contribution in [-0.4, -0.2) is 25.2 Å². The molecule has 1 aromatic heterocycles. The van der Waals surface area contributed by atoms with Crippen LogP contribution in [0.2, 0.25) is 0 Å². The minimum Gasteiger partial charge on any atom is -0.468 e. The summed E-state index contributed by atoms with van der Waals surface area (Å²) in [5.74, 6) is 2.27. The van der Waals surface area contributed by atoms with Crippen LogP contribution in [-0.2, 0) is 39.1 Å². The lowest BCUT2D eigenvalue weighted by Crippen LogP contribution is -2.38. The van der Waals surface area contributed by atoms with E-state index in [-0.39, 0.29) is 23.5 Å². The minimum atomic E-state index is -0.505. The van der Waals surface area contributed by atoms with Gasteiger partial charge in [0, 0.05) is 34.9 Å². The lowest BCUT2D eigenvalue weighted by atomic mass is 9.73. The first-order valence-corrected chi connectivity index (χ1v) is 14.1. The van der Waals surface area contributed by atoms with Gasteiger partial charge in [-0.2, -0.15) is 0 Å². The number of fused-ring (bicyclic) bond motifs is 4. The highest BCUT2D eigenvalue weighted by molar-refractivity contribution is 7.98. The molecule has 2 aliphatic carbocycles. The third-order valence-electron chi connectivity index (χ3n) is 8.07. The number of alkyl halides is 1. The number of halogens is 1. The van der Waals surface area contributed by atoms with Crippen molar-refractivity contribution >= 4 is 23.4 Å². The predicted molar refractivity (Wildman–Crippen MR) is 142 cm³/mol. The Balaban J connectivity index is 1.36. The second kappa shape index (κ2) is 8.69. The number of rotatable bonds is 6. The maximum absolute atomic E-state index is 6.62. The van der Waals surface area contributed by atoms with Crippen molar-refractivity contribution in [1.29, 1.82) is 0 Å². The van der Waals surface area contributed by atoms with Gasteiger partial charge in [0.15, 0.2) is 5.60 Å². The number of thioether (sulfide) groups is 1. The van der Waals surface area contributed by atoms with E-state index in [0.717, 1.165) is 23.5 Å². The summed E-state index contributed by atoms with van der Waals surface area (Å²) in [5.41, 5.74) is 7.46. The van der Waals surface area contributed by atoms with Crippen molar-refractivity contribution < 1.29 is 13.9 Å². The number of methoxy groups -OCH3 is 1. The molecule has 3 nitrogen and oxygen atoms in total. The van der Waals surface area contributed by atoms with E-state index in [1.54, 1.807) is 18.9 Å². The molecule has 0 bridgehead atoms. The first-order valence-electron chi connectivity index (χ1n) is 12.6. The zero-order chi connectivity index (χ0) is 24.4. The SMILES string of the molecule is CO[C@@H]1[C@H](CCl)c2coc(CSc3ccc(C(C)(C)C)cc3)c2[C@]2(c3ccc4c(c3)CCC4)O[C@H]12. The van der Waals surface area contributed by atoms with Crippen molar-refractivity contribution in [3.8, 4) is 0 Å².